The van der Waals surface area contributed by atoms with Gasteiger partial charge in [0.1, 0.15) is 24.0 Å². The highest BCUT2D eigenvalue weighted by Crippen LogP contribution is 2.39. The van der Waals surface area contributed by atoms with Crippen LogP contribution in [0.1, 0.15) is 37.8 Å². The van der Waals surface area contributed by atoms with Gasteiger partial charge in [-0.2, -0.15) is 5.21 Å². The summed E-state index contributed by atoms with van der Waals surface area (Å²) >= 11 is 0. The molecular formula is C33H26N12O2. The zero-order valence-corrected chi connectivity index (χ0v) is 24.9. The van der Waals surface area contributed by atoms with Crippen LogP contribution in [0.4, 0.5) is 0 Å². The number of hydrogen-bond donors (Lipinski definition) is 2. The highest BCUT2D eigenvalue weighted by Gasteiger charge is 2.25. The largest absolute Gasteiger partial charge is 0.439 e. The van der Waals surface area contributed by atoms with Gasteiger partial charge in [-0.25, -0.2) is 24.7 Å². The number of hydrogen-bond acceptors (Lipinski definition) is 10. The Morgan fingerprint density at radius 1 is 0.681 bits per heavy atom. The van der Waals surface area contributed by atoms with E-state index in [0.29, 0.717) is 35.1 Å². The Morgan fingerprint density at radius 3 is 1.79 bits per heavy atom. The maximum Gasteiger partial charge on any atom is 0.439 e. The standard InChI is InChI=1S/C17H13N5O2.C16H13N7/c23-17-20-16(21-24-17)14-8-13(18-9-19-14)10-1-4-15-11(7-10)5-6-22(15)12-2-3-12;1-4-15-11(5-6-23(15)12-2-3-12)7-10(1)13-8-14(18-9-17-13)16-19-21-22-20-16/h1,4-9,12H,2-3H2,(H,20,21,23);1,4-9,12H,2-3H2,(H,19,20,21,22). The fraction of sp³-hybridized carbons (Fsp3) is 0.182. The summed E-state index contributed by atoms with van der Waals surface area (Å²) in [5, 5.41) is 20.0. The molecule has 0 spiro atoms. The number of H-pyrrole nitrogens is 2. The van der Waals surface area contributed by atoms with Gasteiger partial charge in [-0.3, -0.25) is 9.51 Å². The van der Waals surface area contributed by atoms with Gasteiger partial charge in [0, 0.05) is 57.4 Å². The van der Waals surface area contributed by atoms with Crippen molar-refractivity contribution in [1.29, 1.82) is 0 Å². The van der Waals surface area contributed by atoms with Crippen LogP contribution in [0.25, 0.3) is 67.4 Å². The summed E-state index contributed by atoms with van der Waals surface area (Å²) in [5.74, 6) is 0.159. The third-order valence-corrected chi connectivity index (χ3v) is 8.50. The van der Waals surface area contributed by atoms with E-state index in [-0.39, 0.29) is 0 Å². The number of fused-ring (bicyclic) bond motifs is 2. The first-order valence-corrected chi connectivity index (χ1v) is 15.3. The zero-order valence-electron chi connectivity index (χ0n) is 24.9. The minimum Gasteiger partial charge on any atom is -0.344 e. The Labute approximate surface area is 265 Å². The van der Waals surface area contributed by atoms with Crippen LogP contribution in [-0.4, -0.2) is 59.8 Å². The molecule has 14 heteroatoms. The van der Waals surface area contributed by atoms with Crippen molar-refractivity contribution in [2.24, 2.45) is 0 Å². The predicted molar refractivity (Wildman–Crippen MR) is 172 cm³/mol. The second kappa shape index (κ2) is 10.9. The van der Waals surface area contributed by atoms with Gasteiger partial charge in [-0.1, -0.05) is 17.3 Å². The van der Waals surface area contributed by atoms with Crippen molar-refractivity contribution < 1.29 is 4.52 Å². The summed E-state index contributed by atoms with van der Waals surface area (Å²) in [6.07, 6.45) is 12.4. The molecule has 10 rings (SSSR count). The number of aromatic amines is 2. The van der Waals surface area contributed by atoms with Crippen LogP contribution in [-0.2, 0) is 0 Å². The van der Waals surface area contributed by atoms with Gasteiger partial charge in [0.15, 0.2) is 0 Å². The minimum absolute atomic E-state index is 0.296. The molecule has 2 aromatic carbocycles. The SMILES string of the molecule is O=c1[nH]c(-c2cc(-c3ccc4c(ccn4C4CC4)c3)ncn2)no1.c1nc(-c2ccc3c(ccn3C3CC3)c2)cc(-c2nn[nH]n2)n1. The number of aromatic nitrogens is 12. The Balaban J connectivity index is 0.000000129. The van der Waals surface area contributed by atoms with Gasteiger partial charge in [0.05, 0.1) is 11.4 Å². The van der Waals surface area contributed by atoms with Crippen molar-refractivity contribution in [3.63, 3.8) is 0 Å². The Bertz CT molecular complexity index is 2430. The topological polar surface area (TPSA) is 175 Å². The molecule has 2 N–H and O–H groups in total. The van der Waals surface area contributed by atoms with Crippen molar-refractivity contribution in [3.05, 3.63) is 96.3 Å². The van der Waals surface area contributed by atoms with E-state index in [2.05, 4.69) is 125 Å². The van der Waals surface area contributed by atoms with Crippen molar-refractivity contribution in [2.45, 2.75) is 37.8 Å². The molecule has 2 aliphatic rings. The molecule has 14 nitrogen and oxygen atoms in total. The molecule has 2 fully saturated rings. The Hall–Kier alpha value is -6.31. The van der Waals surface area contributed by atoms with Crippen LogP contribution in [0.15, 0.2) is 95.0 Å². The van der Waals surface area contributed by atoms with Crippen molar-refractivity contribution in [3.8, 4) is 45.6 Å². The molecule has 2 aliphatic carbocycles. The monoisotopic (exact) mass is 622 g/mol. The van der Waals surface area contributed by atoms with Crippen LogP contribution < -0.4 is 5.76 Å². The molecule has 6 aromatic heterocycles. The highest BCUT2D eigenvalue weighted by atomic mass is 16.5. The van der Waals surface area contributed by atoms with Crippen LogP contribution in [0, 0.1) is 0 Å². The molecule has 2 saturated carbocycles. The summed E-state index contributed by atoms with van der Waals surface area (Å²) in [6.45, 7) is 0. The number of benzene rings is 2. The van der Waals surface area contributed by atoms with Gasteiger partial charge in [-0.05, 0) is 79.4 Å². The molecule has 0 aliphatic heterocycles. The summed E-state index contributed by atoms with van der Waals surface area (Å²) in [7, 11) is 0. The van der Waals surface area contributed by atoms with E-state index in [9.17, 15) is 4.79 Å². The maximum absolute atomic E-state index is 11.1. The summed E-state index contributed by atoms with van der Waals surface area (Å²) in [6, 6.07) is 22.0. The predicted octanol–water partition coefficient (Wildman–Crippen LogP) is 5.39. The zero-order chi connectivity index (χ0) is 31.3. The molecule has 0 amide bonds. The molecule has 0 unspecified atom stereocenters. The Kier molecular flexibility index (Phi) is 6.29. The van der Waals surface area contributed by atoms with Crippen LogP contribution in [0.5, 0.6) is 0 Å². The minimum atomic E-state index is -0.604. The first-order chi connectivity index (χ1) is 23.2. The molecule has 6 heterocycles. The van der Waals surface area contributed by atoms with Crippen LogP contribution in [0.2, 0.25) is 0 Å². The average Bonchev–Trinajstić information content (AvgIpc) is 3.90. The Morgan fingerprint density at radius 2 is 1.26 bits per heavy atom. The van der Waals surface area contributed by atoms with E-state index in [1.807, 2.05) is 6.07 Å². The summed E-state index contributed by atoms with van der Waals surface area (Å²) in [4.78, 5) is 30.6. The molecule has 0 bridgehead atoms. The van der Waals surface area contributed by atoms with Gasteiger partial charge in [0.25, 0.3) is 0 Å². The van der Waals surface area contributed by atoms with Crippen molar-refractivity contribution in [2.75, 3.05) is 0 Å². The van der Waals surface area contributed by atoms with E-state index in [4.69, 9.17) is 0 Å². The fourth-order valence-electron chi connectivity index (χ4n) is 5.88. The van der Waals surface area contributed by atoms with Gasteiger partial charge in [-0.15, -0.1) is 10.2 Å². The normalized spacial score (nSPS) is 14.4. The number of rotatable bonds is 6. The molecule has 47 heavy (non-hydrogen) atoms. The van der Waals surface area contributed by atoms with E-state index in [0.717, 1.165) is 22.5 Å². The van der Waals surface area contributed by atoms with Crippen molar-refractivity contribution >= 4 is 21.8 Å². The average molecular weight is 623 g/mol. The smallest absolute Gasteiger partial charge is 0.344 e. The molecule has 0 saturated heterocycles. The second-order valence-electron chi connectivity index (χ2n) is 11.7. The van der Waals surface area contributed by atoms with Gasteiger partial charge in [0.2, 0.25) is 11.6 Å². The first-order valence-electron chi connectivity index (χ1n) is 15.3. The lowest BCUT2D eigenvalue weighted by Crippen LogP contribution is -1.96. The lowest BCUT2D eigenvalue weighted by Gasteiger charge is -2.05. The lowest BCUT2D eigenvalue weighted by molar-refractivity contribution is 0.387. The molecule has 0 radical (unpaired) electrons. The second-order valence-corrected chi connectivity index (χ2v) is 11.7. The summed E-state index contributed by atoms with van der Waals surface area (Å²) in [5.41, 5.74) is 7.36. The van der Waals surface area contributed by atoms with E-state index in [1.165, 1.54) is 60.1 Å². The summed E-state index contributed by atoms with van der Waals surface area (Å²) < 4.78 is 9.23. The van der Waals surface area contributed by atoms with Gasteiger partial charge >= 0.3 is 5.76 Å². The number of nitrogens with zero attached hydrogens (tertiary/aromatic N) is 10. The molecular weight excluding hydrogens is 596 g/mol. The van der Waals surface area contributed by atoms with Crippen LogP contribution in [0.3, 0.4) is 0 Å². The van der Waals surface area contributed by atoms with Gasteiger partial charge < -0.3 is 9.13 Å². The van der Waals surface area contributed by atoms with E-state index < -0.39 is 5.76 Å². The number of tetrazole rings is 1. The molecule has 0 atom stereocenters. The van der Waals surface area contributed by atoms with E-state index >= 15 is 0 Å². The lowest BCUT2D eigenvalue weighted by atomic mass is 10.1. The van der Waals surface area contributed by atoms with Crippen LogP contribution >= 0.6 is 0 Å². The molecule has 8 aromatic rings. The maximum atomic E-state index is 11.1. The first kappa shape index (κ1) is 27.0. The van der Waals surface area contributed by atoms with Crippen molar-refractivity contribution in [1.82, 2.24) is 59.8 Å². The number of nitrogens with one attached hydrogen (secondary N) is 2. The third kappa shape index (κ3) is 5.24. The quantitative estimate of drug-likeness (QED) is 0.245. The highest BCUT2D eigenvalue weighted by molar-refractivity contribution is 5.86. The third-order valence-electron chi connectivity index (χ3n) is 8.50. The fourth-order valence-corrected chi connectivity index (χ4v) is 5.88. The van der Waals surface area contributed by atoms with E-state index in [1.54, 1.807) is 6.07 Å². The molecule has 230 valence electrons.